The van der Waals surface area contributed by atoms with Crippen LogP contribution < -0.4 is 5.32 Å². The van der Waals surface area contributed by atoms with Crippen molar-refractivity contribution in [3.63, 3.8) is 0 Å². The molecule has 0 saturated carbocycles. The number of hydrogen-bond donors (Lipinski definition) is 1. The maximum Gasteiger partial charge on any atom is 0.0801 e. The molecule has 4 heteroatoms. The Bertz CT molecular complexity index is 508. The largest absolute Gasteiger partial charge is 0.305 e. The third-order valence-corrected chi connectivity index (χ3v) is 3.33. The maximum atomic E-state index is 4.43. The van der Waals surface area contributed by atoms with Crippen LogP contribution in [0.5, 0.6) is 0 Å². The van der Waals surface area contributed by atoms with Crippen LogP contribution in [-0.2, 0) is 0 Å². The molecule has 19 heavy (non-hydrogen) atoms. The molecular weight excluding hydrogens is 302 g/mol. The molecule has 1 aromatic heterocycles. The highest BCUT2D eigenvalue weighted by Crippen LogP contribution is 2.24. The van der Waals surface area contributed by atoms with Crippen molar-refractivity contribution in [1.29, 1.82) is 0 Å². The standard InChI is InChI=1S/C15H18BrN3/c1-3-4-19-15(14-10-17-5-6-18-14)12-7-11(2)8-13(16)9-12/h5-10,15,19H,3-4H2,1-2H3. The molecule has 0 saturated heterocycles. The van der Waals surface area contributed by atoms with Gasteiger partial charge in [-0.05, 0) is 43.1 Å². The van der Waals surface area contributed by atoms with Gasteiger partial charge in [-0.15, -0.1) is 0 Å². The van der Waals surface area contributed by atoms with Crippen LogP contribution in [0.4, 0.5) is 0 Å². The fourth-order valence-corrected chi connectivity index (χ4v) is 2.70. The molecule has 3 nitrogen and oxygen atoms in total. The molecule has 0 aliphatic heterocycles. The lowest BCUT2D eigenvalue weighted by molar-refractivity contribution is 0.584. The van der Waals surface area contributed by atoms with E-state index in [0.29, 0.717) is 0 Å². The Morgan fingerprint density at radius 3 is 2.74 bits per heavy atom. The zero-order valence-electron chi connectivity index (χ0n) is 11.2. The Kier molecular flexibility index (Phi) is 5.05. The number of hydrogen-bond acceptors (Lipinski definition) is 3. The van der Waals surface area contributed by atoms with Gasteiger partial charge < -0.3 is 5.32 Å². The van der Waals surface area contributed by atoms with Crippen LogP contribution in [0.15, 0.2) is 41.3 Å². The van der Waals surface area contributed by atoms with Crippen LogP contribution in [0.3, 0.4) is 0 Å². The molecule has 0 spiro atoms. The zero-order valence-corrected chi connectivity index (χ0v) is 12.8. The average molecular weight is 320 g/mol. The van der Waals surface area contributed by atoms with Crippen molar-refractivity contribution in [2.24, 2.45) is 0 Å². The predicted octanol–water partition coefficient (Wildman–Crippen LogP) is 3.64. The first-order valence-electron chi connectivity index (χ1n) is 6.47. The van der Waals surface area contributed by atoms with Gasteiger partial charge in [0.05, 0.1) is 17.9 Å². The average Bonchev–Trinajstić information content (AvgIpc) is 2.39. The van der Waals surface area contributed by atoms with Crippen LogP contribution in [0.1, 0.15) is 36.2 Å². The molecule has 1 unspecified atom stereocenters. The minimum absolute atomic E-state index is 0.0878. The van der Waals surface area contributed by atoms with E-state index < -0.39 is 0 Å². The highest BCUT2D eigenvalue weighted by Gasteiger charge is 2.15. The fourth-order valence-electron chi connectivity index (χ4n) is 2.07. The zero-order chi connectivity index (χ0) is 13.7. The molecule has 0 bridgehead atoms. The molecule has 2 rings (SSSR count). The summed E-state index contributed by atoms with van der Waals surface area (Å²) >= 11 is 3.56. The van der Waals surface area contributed by atoms with E-state index in [1.54, 1.807) is 12.4 Å². The first kappa shape index (κ1) is 14.2. The van der Waals surface area contributed by atoms with E-state index in [1.807, 2.05) is 6.20 Å². The number of rotatable bonds is 5. The number of aromatic nitrogens is 2. The third kappa shape index (κ3) is 3.85. The topological polar surface area (TPSA) is 37.8 Å². The SMILES string of the molecule is CCCNC(c1cc(C)cc(Br)c1)c1cnccn1. The lowest BCUT2D eigenvalue weighted by Gasteiger charge is -2.19. The molecule has 0 aliphatic rings. The van der Waals surface area contributed by atoms with Crippen molar-refractivity contribution in [2.75, 3.05) is 6.54 Å². The lowest BCUT2D eigenvalue weighted by atomic mass is 10.0. The molecule has 100 valence electrons. The number of benzene rings is 1. The van der Waals surface area contributed by atoms with Gasteiger partial charge in [-0.3, -0.25) is 9.97 Å². The summed E-state index contributed by atoms with van der Waals surface area (Å²) in [6.07, 6.45) is 6.35. The van der Waals surface area contributed by atoms with Crippen LogP contribution in [0, 0.1) is 6.92 Å². The molecule has 0 amide bonds. The van der Waals surface area contributed by atoms with E-state index >= 15 is 0 Å². The minimum atomic E-state index is 0.0878. The number of nitrogens with zero attached hydrogens (tertiary/aromatic N) is 2. The maximum absolute atomic E-state index is 4.43. The second-order valence-corrected chi connectivity index (χ2v) is 5.50. The van der Waals surface area contributed by atoms with Crippen LogP contribution in [0.25, 0.3) is 0 Å². The second-order valence-electron chi connectivity index (χ2n) is 4.58. The quantitative estimate of drug-likeness (QED) is 0.914. The highest BCUT2D eigenvalue weighted by molar-refractivity contribution is 9.10. The van der Waals surface area contributed by atoms with Crippen molar-refractivity contribution in [3.8, 4) is 0 Å². The van der Waals surface area contributed by atoms with Gasteiger partial charge in [-0.2, -0.15) is 0 Å². The van der Waals surface area contributed by atoms with Crippen molar-refractivity contribution >= 4 is 15.9 Å². The summed E-state index contributed by atoms with van der Waals surface area (Å²) in [5.74, 6) is 0. The predicted molar refractivity (Wildman–Crippen MR) is 81.0 cm³/mol. The fraction of sp³-hybridized carbons (Fsp3) is 0.333. The Labute approximate surface area is 122 Å². The van der Waals surface area contributed by atoms with E-state index in [4.69, 9.17) is 0 Å². The van der Waals surface area contributed by atoms with Crippen LogP contribution in [-0.4, -0.2) is 16.5 Å². The smallest absolute Gasteiger partial charge is 0.0801 e. The van der Waals surface area contributed by atoms with Gasteiger partial charge in [-0.25, -0.2) is 0 Å². The van der Waals surface area contributed by atoms with Gasteiger partial charge in [-0.1, -0.05) is 28.9 Å². The summed E-state index contributed by atoms with van der Waals surface area (Å²) in [5, 5.41) is 3.53. The summed E-state index contributed by atoms with van der Waals surface area (Å²) in [6.45, 7) is 5.21. The molecule has 2 aromatic rings. The molecule has 0 fully saturated rings. The van der Waals surface area contributed by atoms with Gasteiger partial charge in [0.25, 0.3) is 0 Å². The summed E-state index contributed by atoms with van der Waals surface area (Å²) in [7, 11) is 0. The molecule has 1 heterocycles. The van der Waals surface area contributed by atoms with Gasteiger partial charge in [0.15, 0.2) is 0 Å². The van der Waals surface area contributed by atoms with Gasteiger partial charge in [0.1, 0.15) is 0 Å². The molecule has 0 radical (unpaired) electrons. The molecule has 1 atom stereocenters. The first-order chi connectivity index (χ1) is 9.20. The monoisotopic (exact) mass is 319 g/mol. The van der Waals surface area contributed by atoms with Gasteiger partial charge >= 0.3 is 0 Å². The van der Waals surface area contributed by atoms with E-state index in [2.05, 4.69) is 63.3 Å². The van der Waals surface area contributed by atoms with Crippen LogP contribution >= 0.6 is 15.9 Å². The van der Waals surface area contributed by atoms with Crippen molar-refractivity contribution < 1.29 is 0 Å². The molecular formula is C15H18BrN3. The summed E-state index contributed by atoms with van der Waals surface area (Å²) in [5.41, 5.74) is 3.39. The van der Waals surface area contributed by atoms with E-state index in [1.165, 1.54) is 11.1 Å². The second kappa shape index (κ2) is 6.78. The molecule has 1 N–H and O–H groups in total. The first-order valence-corrected chi connectivity index (χ1v) is 7.26. The number of nitrogens with one attached hydrogen (secondary N) is 1. The summed E-state index contributed by atoms with van der Waals surface area (Å²) in [4.78, 5) is 8.60. The summed E-state index contributed by atoms with van der Waals surface area (Å²) in [6, 6.07) is 6.52. The van der Waals surface area contributed by atoms with Crippen molar-refractivity contribution in [1.82, 2.24) is 15.3 Å². The van der Waals surface area contributed by atoms with Crippen LogP contribution in [0.2, 0.25) is 0 Å². The Morgan fingerprint density at radius 1 is 1.26 bits per heavy atom. The van der Waals surface area contributed by atoms with E-state index in [0.717, 1.165) is 23.1 Å². The molecule has 0 aliphatic carbocycles. The highest BCUT2D eigenvalue weighted by atomic mass is 79.9. The normalized spacial score (nSPS) is 12.4. The third-order valence-electron chi connectivity index (χ3n) is 2.88. The van der Waals surface area contributed by atoms with Crippen molar-refractivity contribution in [2.45, 2.75) is 26.3 Å². The molecule has 1 aromatic carbocycles. The van der Waals surface area contributed by atoms with Gasteiger partial charge in [0.2, 0.25) is 0 Å². The lowest BCUT2D eigenvalue weighted by Crippen LogP contribution is -2.24. The van der Waals surface area contributed by atoms with Crippen molar-refractivity contribution in [3.05, 3.63) is 58.1 Å². The minimum Gasteiger partial charge on any atom is -0.305 e. The Hall–Kier alpha value is -1.26. The Morgan fingerprint density at radius 2 is 2.11 bits per heavy atom. The Balaban J connectivity index is 2.36. The van der Waals surface area contributed by atoms with Gasteiger partial charge in [0, 0.05) is 16.9 Å². The summed E-state index contributed by atoms with van der Waals surface area (Å²) < 4.78 is 1.09. The number of aryl methyl sites for hydroxylation is 1. The van der Waals surface area contributed by atoms with E-state index in [9.17, 15) is 0 Å². The van der Waals surface area contributed by atoms with E-state index in [-0.39, 0.29) is 6.04 Å². The number of halogens is 1.